The van der Waals surface area contributed by atoms with E-state index >= 15 is 0 Å². The number of phenols is 2. The number of benzene rings is 4. The van der Waals surface area contributed by atoms with E-state index in [4.69, 9.17) is 18.9 Å². The third-order valence-electron chi connectivity index (χ3n) is 9.11. The third-order valence-corrected chi connectivity index (χ3v) is 9.11. The smallest absolute Gasteiger partial charge is 0.321 e. The maximum absolute atomic E-state index is 14.9. The van der Waals surface area contributed by atoms with Gasteiger partial charge in [-0.1, -0.05) is 36.4 Å². The van der Waals surface area contributed by atoms with Crippen LogP contribution < -0.4 is 18.9 Å². The fourth-order valence-corrected chi connectivity index (χ4v) is 6.61. The van der Waals surface area contributed by atoms with E-state index in [1.54, 1.807) is 58.3 Å². The highest BCUT2D eigenvalue weighted by molar-refractivity contribution is 5.76. The summed E-state index contributed by atoms with van der Waals surface area (Å²) in [5, 5.41) is 44.0. The highest BCUT2D eigenvalue weighted by Gasteiger charge is 2.46. The number of phenolic OH excluding ortho intramolecular Hbond substituents is 2. The Bertz CT molecular complexity index is 1620. The van der Waals surface area contributed by atoms with E-state index in [9.17, 15) is 25.2 Å². The van der Waals surface area contributed by atoms with Crippen LogP contribution in [-0.2, 0) is 25.9 Å². The Morgan fingerprint density at radius 2 is 0.875 bits per heavy atom. The number of carbonyl (C=O) groups excluding carboxylic acids is 1. The summed E-state index contributed by atoms with van der Waals surface area (Å²) in [6, 6.07) is 22.2. The van der Waals surface area contributed by atoms with Crippen molar-refractivity contribution in [3.63, 3.8) is 0 Å². The Morgan fingerprint density at radius 3 is 1.27 bits per heavy atom. The number of urea groups is 1. The summed E-state index contributed by atoms with van der Waals surface area (Å²) >= 11 is 0. The number of aliphatic hydroxyl groups excluding tert-OH is 2. The van der Waals surface area contributed by atoms with Gasteiger partial charge in [0.1, 0.15) is 50.1 Å². The lowest BCUT2D eigenvalue weighted by atomic mass is 9.90. The van der Waals surface area contributed by atoms with E-state index in [1.165, 1.54) is 0 Å². The van der Waals surface area contributed by atoms with Crippen LogP contribution in [0.5, 0.6) is 34.5 Å². The summed E-state index contributed by atoms with van der Waals surface area (Å²) in [6.07, 6.45) is -2.23. The zero-order valence-corrected chi connectivity index (χ0v) is 26.3. The molecule has 1 fully saturated rings. The first kappa shape index (κ1) is 31.5. The molecule has 0 aliphatic carbocycles. The lowest BCUT2D eigenvalue weighted by Gasteiger charge is -2.36. The number of fused-ring (bicyclic) bond motifs is 2. The van der Waals surface area contributed by atoms with Crippen LogP contribution in [0.25, 0.3) is 0 Å². The van der Waals surface area contributed by atoms with Gasteiger partial charge in [-0.25, -0.2) is 4.79 Å². The second-order valence-electron chi connectivity index (χ2n) is 12.4. The van der Waals surface area contributed by atoms with Crippen molar-refractivity contribution in [2.24, 2.45) is 0 Å². The number of hydrogen-bond acceptors (Lipinski definition) is 9. The number of ether oxygens (including phenoxy) is 4. The molecule has 3 heterocycles. The Labute approximate surface area is 278 Å². The molecule has 0 radical (unpaired) electrons. The van der Waals surface area contributed by atoms with E-state index in [1.807, 2.05) is 36.4 Å². The summed E-state index contributed by atoms with van der Waals surface area (Å²) in [4.78, 5) is 18.1. The van der Waals surface area contributed by atoms with Crippen molar-refractivity contribution in [1.29, 1.82) is 0 Å². The van der Waals surface area contributed by atoms with Crippen LogP contribution in [-0.4, -0.2) is 87.0 Å². The first-order valence-corrected chi connectivity index (χ1v) is 16.1. The van der Waals surface area contributed by atoms with E-state index in [0.29, 0.717) is 49.4 Å². The molecule has 2 amide bonds. The predicted molar refractivity (Wildman–Crippen MR) is 175 cm³/mol. The summed E-state index contributed by atoms with van der Waals surface area (Å²) < 4.78 is 23.0. The molecule has 7 rings (SSSR count). The Hall–Kier alpha value is -5.13. The summed E-state index contributed by atoms with van der Waals surface area (Å²) in [5.41, 5.74) is 3.08. The molecule has 0 saturated carbocycles. The number of aliphatic hydroxyl groups is 2. The number of nitrogens with zero attached hydrogens (tertiary/aromatic N) is 2. The van der Waals surface area contributed by atoms with Crippen LogP contribution in [0.1, 0.15) is 22.3 Å². The van der Waals surface area contributed by atoms with Crippen LogP contribution in [0.15, 0.2) is 84.9 Å². The molecule has 4 aromatic rings. The molecule has 4 atom stereocenters. The Balaban J connectivity index is 1.28. The average Bonchev–Trinajstić information content (AvgIpc) is 3.17. The lowest BCUT2D eigenvalue weighted by molar-refractivity contribution is -0.0408. The molecule has 0 aromatic heterocycles. The van der Waals surface area contributed by atoms with Crippen molar-refractivity contribution < 1.29 is 44.2 Å². The molecular formula is C37H38N2O9. The quantitative estimate of drug-likeness (QED) is 0.222. The minimum atomic E-state index is -1.34. The molecule has 3 aliphatic heterocycles. The van der Waals surface area contributed by atoms with Crippen LogP contribution in [0.3, 0.4) is 0 Å². The van der Waals surface area contributed by atoms with Gasteiger partial charge in [-0.3, -0.25) is 0 Å². The van der Waals surface area contributed by atoms with Crippen molar-refractivity contribution in [2.45, 2.75) is 50.2 Å². The van der Waals surface area contributed by atoms with Crippen LogP contribution in [0.4, 0.5) is 4.79 Å². The van der Waals surface area contributed by atoms with Gasteiger partial charge in [0, 0.05) is 13.1 Å². The van der Waals surface area contributed by atoms with Crippen molar-refractivity contribution in [3.8, 4) is 34.5 Å². The number of rotatable bonds is 8. The second kappa shape index (κ2) is 13.5. The molecule has 4 aromatic carbocycles. The molecule has 1 saturated heterocycles. The van der Waals surface area contributed by atoms with Crippen LogP contribution in [0.2, 0.25) is 0 Å². The summed E-state index contributed by atoms with van der Waals surface area (Å²) in [6.45, 7) is 1.97. The van der Waals surface area contributed by atoms with Gasteiger partial charge in [0.15, 0.2) is 23.0 Å². The number of hydrogen-bond donors (Lipinski definition) is 4. The van der Waals surface area contributed by atoms with Gasteiger partial charge in [0.2, 0.25) is 0 Å². The van der Waals surface area contributed by atoms with Crippen molar-refractivity contribution in [3.05, 3.63) is 107 Å². The van der Waals surface area contributed by atoms with Crippen LogP contribution in [0, 0.1) is 0 Å². The Kier molecular flexibility index (Phi) is 8.88. The van der Waals surface area contributed by atoms with Crippen molar-refractivity contribution >= 4 is 6.03 Å². The van der Waals surface area contributed by atoms with Gasteiger partial charge in [-0.15, -0.1) is 0 Å². The first-order valence-electron chi connectivity index (χ1n) is 16.1. The topological polar surface area (TPSA) is 141 Å². The molecule has 11 nitrogen and oxygen atoms in total. The number of aromatic hydroxyl groups is 2. The number of carbonyl (C=O) groups is 1. The highest BCUT2D eigenvalue weighted by atomic mass is 16.6. The largest absolute Gasteiger partial charge is 0.508 e. The molecule has 3 aliphatic rings. The minimum absolute atomic E-state index is 0.0951. The van der Waals surface area contributed by atoms with E-state index < -0.39 is 24.3 Å². The van der Waals surface area contributed by atoms with Crippen molar-refractivity contribution in [2.75, 3.05) is 26.4 Å². The first-order chi connectivity index (χ1) is 23.3. The van der Waals surface area contributed by atoms with Gasteiger partial charge >= 0.3 is 6.03 Å². The van der Waals surface area contributed by atoms with E-state index in [0.717, 1.165) is 22.3 Å². The van der Waals surface area contributed by atoms with Crippen molar-refractivity contribution in [1.82, 2.24) is 9.80 Å². The fraction of sp³-hybridized carbons (Fsp3) is 0.324. The molecule has 4 N–H and O–H groups in total. The number of amides is 2. The second-order valence-corrected chi connectivity index (χ2v) is 12.4. The normalized spacial score (nSPS) is 21.9. The fourth-order valence-electron chi connectivity index (χ4n) is 6.61. The zero-order valence-electron chi connectivity index (χ0n) is 26.3. The maximum atomic E-state index is 14.9. The minimum Gasteiger partial charge on any atom is -0.508 e. The molecular weight excluding hydrogens is 616 g/mol. The highest BCUT2D eigenvalue weighted by Crippen LogP contribution is 2.36. The molecule has 11 heteroatoms. The zero-order chi connectivity index (χ0) is 33.2. The lowest BCUT2D eigenvalue weighted by Crippen LogP contribution is -2.50. The summed E-state index contributed by atoms with van der Waals surface area (Å²) in [7, 11) is 0. The standard InChI is InChI=1S/C37H38N2O9/c40-27-7-1-23(2-8-27)21-38-29(17-25-5-11-31-33(19-25)47-15-13-45-31)35(42)36(43)30(18-26-6-12-32-34(20-26)48-16-14-46-32)39(37(38)44)22-24-3-9-28(41)10-4-24/h1-12,19-20,29-30,35-36,40-43H,13-18,21-22H2/t29-,30-,35+,36+/m1/s1. The van der Waals surface area contributed by atoms with Gasteiger partial charge < -0.3 is 49.2 Å². The van der Waals surface area contributed by atoms with Gasteiger partial charge in [-0.05, 0) is 83.6 Å². The predicted octanol–water partition coefficient (Wildman–Crippen LogP) is 4.02. The van der Waals surface area contributed by atoms with E-state index in [2.05, 4.69) is 0 Å². The van der Waals surface area contributed by atoms with Gasteiger partial charge in [0.25, 0.3) is 0 Å². The maximum Gasteiger partial charge on any atom is 0.321 e. The third kappa shape index (κ3) is 6.65. The summed E-state index contributed by atoms with van der Waals surface area (Å²) in [5.74, 6) is 2.62. The SMILES string of the molecule is O=C1N(Cc2ccc(O)cc2)[C@H](Cc2ccc3c(c2)OCCO3)[C@H](O)[C@@H](O)[C@@H](Cc2ccc3c(c2)OCCO3)N1Cc1ccc(O)cc1. The molecule has 250 valence electrons. The van der Waals surface area contributed by atoms with Gasteiger partial charge in [0.05, 0.1) is 12.1 Å². The molecule has 0 spiro atoms. The molecule has 0 bridgehead atoms. The molecule has 48 heavy (non-hydrogen) atoms. The van der Waals surface area contributed by atoms with Gasteiger partial charge in [-0.2, -0.15) is 0 Å². The van der Waals surface area contributed by atoms with Crippen LogP contribution >= 0.6 is 0 Å². The molecule has 0 unspecified atom stereocenters. The van der Waals surface area contributed by atoms with E-state index in [-0.39, 0.29) is 43.5 Å². The Morgan fingerprint density at radius 1 is 0.521 bits per heavy atom. The average molecular weight is 655 g/mol. The monoisotopic (exact) mass is 654 g/mol.